The minimum absolute atomic E-state index is 0.250. The molecule has 0 spiro atoms. The van der Waals surface area contributed by atoms with E-state index in [0.29, 0.717) is 0 Å². The minimum Gasteiger partial charge on any atom is -0.481 e. The molecule has 1 atom stereocenters. The number of thioether (sulfide) groups is 2. The summed E-state index contributed by atoms with van der Waals surface area (Å²) < 4.78 is -1.01. The summed E-state index contributed by atoms with van der Waals surface area (Å²) in [4.78, 5) is 21.0. The molecule has 4 N–H and O–H groups in total. The first-order valence-electron chi connectivity index (χ1n) is 4.81. The monoisotopic (exact) mass is 284 g/mol. The number of aliphatic hydroxyl groups excluding tert-OH is 2. The van der Waals surface area contributed by atoms with E-state index in [1.807, 2.05) is 0 Å². The van der Waals surface area contributed by atoms with Gasteiger partial charge in [0.25, 0.3) is 0 Å². The first kappa shape index (κ1) is 16.6. The highest BCUT2D eigenvalue weighted by atomic mass is 32.2. The third-order valence-corrected chi connectivity index (χ3v) is 5.65. The topological polar surface area (TPSA) is 115 Å². The summed E-state index contributed by atoms with van der Waals surface area (Å²) in [6.45, 7) is 0.990. The van der Waals surface area contributed by atoms with Gasteiger partial charge in [-0.05, 0) is 0 Å². The molecule has 0 aromatic heterocycles. The zero-order valence-corrected chi connectivity index (χ0v) is 11.0. The Morgan fingerprint density at radius 3 is 1.76 bits per heavy atom. The fraction of sp³-hybridized carbons (Fsp3) is 0.778. The van der Waals surface area contributed by atoms with Crippen molar-refractivity contribution in [2.75, 3.05) is 24.7 Å². The Bertz CT molecular complexity index is 252. The number of hydrogen-bond donors (Lipinski definition) is 4. The van der Waals surface area contributed by atoms with Crippen molar-refractivity contribution in [1.82, 2.24) is 0 Å². The third kappa shape index (κ3) is 5.62. The Labute approximate surface area is 107 Å². The Hall–Kier alpha value is -0.440. The largest absolute Gasteiger partial charge is 0.481 e. The summed E-state index contributed by atoms with van der Waals surface area (Å²) in [5.41, 5.74) is 0. The Morgan fingerprint density at radius 2 is 1.53 bits per heavy atom. The van der Waals surface area contributed by atoms with Crippen molar-refractivity contribution in [3.63, 3.8) is 0 Å². The molecular weight excluding hydrogens is 268 g/mol. The van der Waals surface area contributed by atoms with Crippen LogP contribution in [0.3, 0.4) is 0 Å². The van der Waals surface area contributed by atoms with E-state index in [4.69, 9.17) is 15.3 Å². The highest BCUT2D eigenvalue weighted by molar-refractivity contribution is 8.18. The van der Waals surface area contributed by atoms with Gasteiger partial charge in [0.15, 0.2) is 0 Å². The minimum atomic E-state index is -1.05. The van der Waals surface area contributed by atoms with E-state index in [-0.39, 0.29) is 18.1 Å². The van der Waals surface area contributed by atoms with Crippen molar-refractivity contribution >= 4 is 35.5 Å². The van der Waals surface area contributed by atoms with Crippen LogP contribution < -0.4 is 0 Å². The molecule has 1 unspecified atom stereocenters. The van der Waals surface area contributed by atoms with Crippen LogP contribution in [0.2, 0.25) is 0 Å². The molecule has 6 nitrogen and oxygen atoms in total. The van der Waals surface area contributed by atoms with Crippen molar-refractivity contribution in [1.29, 1.82) is 0 Å². The quantitative estimate of drug-likeness (QED) is 0.435. The molecule has 0 rings (SSSR count). The molecule has 0 radical (unpaired) electrons. The summed E-state index contributed by atoms with van der Waals surface area (Å²) in [6.07, 6.45) is 0. The Balaban J connectivity index is 4.73. The molecular formula is C9H16O6S2. The van der Waals surface area contributed by atoms with Crippen molar-refractivity contribution in [2.45, 2.75) is 11.0 Å². The van der Waals surface area contributed by atoms with Crippen LogP contribution in [-0.2, 0) is 9.59 Å². The molecule has 0 aliphatic heterocycles. The third-order valence-electron chi connectivity index (χ3n) is 2.13. The van der Waals surface area contributed by atoms with Crippen molar-refractivity contribution in [3.05, 3.63) is 0 Å². The highest BCUT2D eigenvalue weighted by Crippen LogP contribution is 2.43. The van der Waals surface area contributed by atoms with Crippen LogP contribution in [0.15, 0.2) is 0 Å². The van der Waals surface area contributed by atoms with Gasteiger partial charge in [-0.3, -0.25) is 9.59 Å². The van der Waals surface area contributed by atoms with Crippen LogP contribution in [0.5, 0.6) is 0 Å². The summed E-state index contributed by atoms with van der Waals surface area (Å²) in [5.74, 6) is -3.02. The summed E-state index contributed by atoms with van der Waals surface area (Å²) in [6, 6.07) is 0. The smallest absolute Gasteiger partial charge is 0.313 e. The lowest BCUT2D eigenvalue weighted by atomic mass is 10.1. The molecule has 0 aliphatic carbocycles. The first-order chi connectivity index (χ1) is 7.88. The van der Waals surface area contributed by atoms with Gasteiger partial charge >= 0.3 is 11.9 Å². The lowest BCUT2D eigenvalue weighted by molar-refractivity contribution is -0.134. The molecule has 8 heteroatoms. The fourth-order valence-corrected chi connectivity index (χ4v) is 3.40. The number of hydrogen-bond acceptors (Lipinski definition) is 6. The van der Waals surface area contributed by atoms with Gasteiger partial charge in [-0.15, -0.1) is 23.5 Å². The SMILES string of the molecule is CC(CO)C(CO)(SCC(=O)O)SCC(=O)O. The van der Waals surface area contributed by atoms with E-state index >= 15 is 0 Å². The molecule has 0 aliphatic rings. The maximum atomic E-state index is 10.5. The van der Waals surface area contributed by atoms with Crippen LogP contribution in [0.1, 0.15) is 6.92 Å². The lowest BCUT2D eigenvalue weighted by Gasteiger charge is -2.34. The second-order valence-electron chi connectivity index (χ2n) is 3.42. The van der Waals surface area contributed by atoms with E-state index < -0.39 is 28.5 Å². The highest BCUT2D eigenvalue weighted by Gasteiger charge is 2.37. The number of rotatable bonds is 9. The van der Waals surface area contributed by atoms with Crippen molar-refractivity contribution in [3.8, 4) is 0 Å². The van der Waals surface area contributed by atoms with Gasteiger partial charge in [-0.2, -0.15) is 0 Å². The van der Waals surface area contributed by atoms with Gasteiger partial charge in [0.2, 0.25) is 0 Å². The van der Waals surface area contributed by atoms with E-state index in [1.54, 1.807) is 6.92 Å². The van der Waals surface area contributed by atoms with Gasteiger partial charge in [0, 0.05) is 12.5 Å². The van der Waals surface area contributed by atoms with Crippen LogP contribution in [0.25, 0.3) is 0 Å². The predicted molar refractivity (Wildman–Crippen MR) is 66.3 cm³/mol. The zero-order chi connectivity index (χ0) is 13.5. The molecule has 0 aromatic carbocycles. The summed E-state index contributed by atoms with van der Waals surface area (Å²) in [7, 11) is 0. The van der Waals surface area contributed by atoms with E-state index in [2.05, 4.69) is 0 Å². The van der Waals surface area contributed by atoms with Crippen LogP contribution >= 0.6 is 23.5 Å². The molecule has 0 aromatic rings. The average molecular weight is 284 g/mol. The van der Waals surface area contributed by atoms with Gasteiger partial charge < -0.3 is 20.4 Å². The van der Waals surface area contributed by atoms with Crippen LogP contribution in [-0.4, -0.2) is 61.2 Å². The van der Waals surface area contributed by atoms with Crippen LogP contribution in [0.4, 0.5) is 0 Å². The van der Waals surface area contributed by atoms with Gasteiger partial charge in [-0.25, -0.2) is 0 Å². The molecule has 100 valence electrons. The average Bonchev–Trinajstić information content (AvgIpc) is 2.28. The second kappa shape index (κ2) is 7.80. The Kier molecular flexibility index (Phi) is 7.60. The first-order valence-corrected chi connectivity index (χ1v) is 6.78. The molecule has 0 fully saturated rings. The van der Waals surface area contributed by atoms with E-state index in [1.165, 1.54) is 0 Å². The molecule has 0 saturated carbocycles. The molecule has 17 heavy (non-hydrogen) atoms. The van der Waals surface area contributed by atoms with Crippen molar-refractivity contribution in [2.24, 2.45) is 5.92 Å². The molecule has 0 saturated heterocycles. The molecule has 0 heterocycles. The van der Waals surface area contributed by atoms with Crippen LogP contribution in [0, 0.1) is 5.92 Å². The molecule has 0 amide bonds. The van der Waals surface area contributed by atoms with Gasteiger partial charge in [0.1, 0.15) is 0 Å². The maximum absolute atomic E-state index is 10.5. The van der Waals surface area contributed by atoms with Gasteiger partial charge in [-0.1, -0.05) is 6.92 Å². The van der Waals surface area contributed by atoms with E-state index in [0.717, 1.165) is 23.5 Å². The maximum Gasteiger partial charge on any atom is 0.313 e. The predicted octanol–water partition coefficient (Wildman–Crippen LogP) is -0.0610. The van der Waals surface area contributed by atoms with E-state index in [9.17, 15) is 14.7 Å². The summed E-state index contributed by atoms with van der Waals surface area (Å²) in [5, 5.41) is 35.7. The standard InChI is InChI=1S/C9H16O6S2/c1-6(2-10)9(5-11,16-3-7(12)13)17-4-8(14)15/h6,10-11H,2-5H2,1H3,(H,12,13)(H,14,15). The second-order valence-corrected chi connectivity index (χ2v) is 6.29. The normalized spacial score (nSPS) is 13.4. The fourth-order valence-electron chi connectivity index (χ4n) is 1.08. The summed E-state index contributed by atoms with van der Waals surface area (Å²) >= 11 is 1.88. The molecule has 0 bridgehead atoms. The lowest BCUT2D eigenvalue weighted by Crippen LogP contribution is -2.37. The number of aliphatic carboxylic acids is 2. The number of aliphatic hydroxyl groups is 2. The van der Waals surface area contributed by atoms with Gasteiger partial charge in [0.05, 0.1) is 22.2 Å². The Morgan fingerprint density at radius 1 is 1.12 bits per heavy atom. The number of carboxylic acids is 2. The number of carbonyl (C=O) groups is 2. The number of carboxylic acid groups (broad SMARTS) is 2. The zero-order valence-electron chi connectivity index (χ0n) is 9.33. The van der Waals surface area contributed by atoms with Crippen molar-refractivity contribution < 1.29 is 30.0 Å².